The number of hydrogen-bond donors (Lipinski definition) is 1. The van der Waals surface area contributed by atoms with Crippen molar-refractivity contribution < 1.29 is 9.84 Å². The topological polar surface area (TPSA) is 29.5 Å². The van der Waals surface area contributed by atoms with E-state index in [1.54, 1.807) is 13.2 Å². The zero-order chi connectivity index (χ0) is 9.14. The molecule has 0 radical (unpaired) electrons. The molecule has 0 aliphatic rings. The Bertz CT molecular complexity index is 260. The first kappa shape index (κ1) is 9.55. The lowest BCUT2D eigenvalue weighted by molar-refractivity contribution is 0.398. The molecule has 4 heteroatoms. The second-order valence-corrected chi connectivity index (χ2v) is 3.41. The molecule has 0 aliphatic heterocycles. The van der Waals surface area contributed by atoms with Crippen LogP contribution in [0.5, 0.6) is 11.5 Å². The Kier molecular flexibility index (Phi) is 3.12. The summed E-state index contributed by atoms with van der Waals surface area (Å²) >= 11 is 7.22. The van der Waals surface area contributed by atoms with Crippen LogP contribution in [0.1, 0.15) is 0 Å². The number of rotatable bonds is 2. The fourth-order valence-corrected chi connectivity index (χ4v) is 1.65. The van der Waals surface area contributed by atoms with Crippen LogP contribution in [0.15, 0.2) is 17.0 Å². The first-order valence-corrected chi connectivity index (χ1v) is 4.89. The van der Waals surface area contributed by atoms with Crippen LogP contribution in [0.4, 0.5) is 0 Å². The van der Waals surface area contributed by atoms with Gasteiger partial charge in [0.05, 0.1) is 17.0 Å². The number of methoxy groups -OCH3 is 1. The molecule has 0 amide bonds. The van der Waals surface area contributed by atoms with Gasteiger partial charge in [-0.1, -0.05) is 11.6 Å². The van der Waals surface area contributed by atoms with Gasteiger partial charge >= 0.3 is 0 Å². The van der Waals surface area contributed by atoms with E-state index in [9.17, 15) is 5.11 Å². The standard InChI is InChI=1S/C8H9ClO2S/c1-11-7-4-6(10)5(9)3-8(7)12-2/h3-4,10H,1-2H3. The number of thioether (sulfide) groups is 1. The number of ether oxygens (including phenoxy) is 1. The lowest BCUT2D eigenvalue weighted by Crippen LogP contribution is -1.85. The molecule has 12 heavy (non-hydrogen) atoms. The van der Waals surface area contributed by atoms with Gasteiger partial charge < -0.3 is 9.84 Å². The molecule has 0 bridgehead atoms. The molecule has 0 atom stereocenters. The predicted octanol–water partition coefficient (Wildman–Crippen LogP) is 2.78. The molecule has 0 heterocycles. The highest BCUT2D eigenvalue weighted by molar-refractivity contribution is 7.98. The second-order valence-electron chi connectivity index (χ2n) is 2.16. The number of benzene rings is 1. The summed E-state index contributed by atoms with van der Waals surface area (Å²) in [7, 11) is 1.56. The van der Waals surface area contributed by atoms with Crippen molar-refractivity contribution in [3.8, 4) is 11.5 Å². The van der Waals surface area contributed by atoms with Gasteiger partial charge in [0.1, 0.15) is 11.5 Å². The Balaban J connectivity index is 3.19. The Hall–Kier alpha value is -0.540. The first-order chi connectivity index (χ1) is 5.69. The zero-order valence-corrected chi connectivity index (χ0v) is 8.37. The summed E-state index contributed by atoms with van der Waals surface area (Å²) in [5, 5.41) is 9.58. The van der Waals surface area contributed by atoms with Crippen LogP contribution in [0.2, 0.25) is 5.02 Å². The van der Waals surface area contributed by atoms with Crippen LogP contribution in [-0.2, 0) is 0 Å². The van der Waals surface area contributed by atoms with Crippen molar-refractivity contribution in [2.45, 2.75) is 4.90 Å². The number of halogens is 1. The van der Waals surface area contributed by atoms with Crippen molar-refractivity contribution in [2.24, 2.45) is 0 Å². The molecule has 1 aromatic rings. The average Bonchev–Trinajstić information content (AvgIpc) is 2.09. The van der Waals surface area contributed by atoms with Gasteiger partial charge in [0.25, 0.3) is 0 Å². The quantitative estimate of drug-likeness (QED) is 0.752. The molecule has 0 spiro atoms. The number of hydrogen-bond acceptors (Lipinski definition) is 3. The molecule has 1 aromatic carbocycles. The van der Waals surface area contributed by atoms with Crippen LogP contribution in [0.25, 0.3) is 0 Å². The third-order valence-electron chi connectivity index (χ3n) is 1.45. The summed E-state index contributed by atoms with van der Waals surface area (Å²) in [6, 6.07) is 3.19. The predicted molar refractivity (Wildman–Crippen MR) is 51.4 cm³/mol. The van der Waals surface area contributed by atoms with Crippen molar-refractivity contribution in [2.75, 3.05) is 13.4 Å². The van der Waals surface area contributed by atoms with E-state index in [1.165, 1.54) is 17.8 Å². The number of aromatic hydroxyl groups is 1. The SMILES string of the molecule is COc1cc(O)c(Cl)cc1SC. The van der Waals surface area contributed by atoms with E-state index in [-0.39, 0.29) is 5.75 Å². The van der Waals surface area contributed by atoms with Crippen molar-refractivity contribution >= 4 is 23.4 Å². The average molecular weight is 205 g/mol. The molecule has 0 fully saturated rings. The fraction of sp³-hybridized carbons (Fsp3) is 0.250. The lowest BCUT2D eigenvalue weighted by Gasteiger charge is -2.07. The van der Waals surface area contributed by atoms with Crippen LogP contribution in [-0.4, -0.2) is 18.5 Å². The highest BCUT2D eigenvalue weighted by Gasteiger charge is 2.06. The maximum Gasteiger partial charge on any atom is 0.137 e. The third kappa shape index (κ3) is 1.79. The molecule has 0 saturated carbocycles. The van der Waals surface area contributed by atoms with Crippen LogP contribution < -0.4 is 4.74 Å². The molecular formula is C8H9ClO2S. The van der Waals surface area contributed by atoms with Gasteiger partial charge in [0.15, 0.2) is 0 Å². The molecule has 0 saturated heterocycles. The molecule has 0 aromatic heterocycles. The Morgan fingerprint density at radius 1 is 1.50 bits per heavy atom. The van der Waals surface area contributed by atoms with Gasteiger partial charge in [-0.25, -0.2) is 0 Å². The number of phenolic OH excluding ortho intramolecular Hbond substituents is 1. The summed E-state index contributed by atoms with van der Waals surface area (Å²) in [6.45, 7) is 0. The van der Waals surface area contributed by atoms with Gasteiger partial charge in [-0.15, -0.1) is 11.8 Å². The van der Waals surface area contributed by atoms with E-state index in [1.807, 2.05) is 6.26 Å². The summed E-state index contributed by atoms with van der Waals surface area (Å²) in [6.07, 6.45) is 1.92. The van der Waals surface area contributed by atoms with Crippen LogP contribution in [0.3, 0.4) is 0 Å². The van der Waals surface area contributed by atoms with E-state index in [2.05, 4.69) is 0 Å². The van der Waals surface area contributed by atoms with Crippen LogP contribution in [0, 0.1) is 0 Å². The first-order valence-electron chi connectivity index (χ1n) is 3.29. The summed E-state index contributed by atoms with van der Waals surface area (Å²) in [5.41, 5.74) is 0. The second kappa shape index (κ2) is 3.92. The lowest BCUT2D eigenvalue weighted by atomic mass is 10.3. The van der Waals surface area contributed by atoms with Crippen molar-refractivity contribution in [3.05, 3.63) is 17.2 Å². The Morgan fingerprint density at radius 2 is 2.17 bits per heavy atom. The smallest absolute Gasteiger partial charge is 0.137 e. The largest absolute Gasteiger partial charge is 0.506 e. The summed E-state index contributed by atoms with van der Waals surface area (Å²) < 4.78 is 5.03. The van der Waals surface area contributed by atoms with E-state index < -0.39 is 0 Å². The molecule has 0 aliphatic carbocycles. The normalized spacial score (nSPS) is 9.92. The summed E-state index contributed by atoms with van der Waals surface area (Å²) in [4.78, 5) is 0.917. The highest BCUT2D eigenvalue weighted by Crippen LogP contribution is 2.36. The molecule has 2 nitrogen and oxygen atoms in total. The van der Waals surface area contributed by atoms with E-state index >= 15 is 0 Å². The van der Waals surface area contributed by atoms with Crippen molar-refractivity contribution in [3.63, 3.8) is 0 Å². The molecule has 0 unspecified atom stereocenters. The zero-order valence-electron chi connectivity index (χ0n) is 6.80. The Labute approximate surface area is 80.5 Å². The van der Waals surface area contributed by atoms with Gasteiger partial charge in [-0.2, -0.15) is 0 Å². The molecule has 66 valence electrons. The number of phenols is 1. The third-order valence-corrected chi connectivity index (χ3v) is 2.51. The maximum absolute atomic E-state index is 9.23. The van der Waals surface area contributed by atoms with Gasteiger partial charge in [-0.3, -0.25) is 0 Å². The van der Waals surface area contributed by atoms with Gasteiger partial charge in [0, 0.05) is 6.07 Å². The van der Waals surface area contributed by atoms with Gasteiger partial charge in [-0.05, 0) is 12.3 Å². The van der Waals surface area contributed by atoms with Crippen molar-refractivity contribution in [1.29, 1.82) is 0 Å². The Morgan fingerprint density at radius 3 is 2.67 bits per heavy atom. The van der Waals surface area contributed by atoms with Crippen molar-refractivity contribution in [1.82, 2.24) is 0 Å². The maximum atomic E-state index is 9.23. The van der Waals surface area contributed by atoms with Crippen LogP contribution >= 0.6 is 23.4 Å². The van der Waals surface area contributed by atoms with E-state index in [4.69, 9.17) is 16.3 Å². The minimum absolute atomic E-state index is 0.0475. The molecule has 1 N–H and O–H groups in total. The molecule has 1 rings (SSSR count). The molecular weight excluding hydrogens is 196 g/mol. The monoisotopic (exact) mass is 204 g/mol. The minimum Gasteiger partial charge on any atom is -0.506 e. The fourth-order valence-electron chi connectivity index (χ4n) is 0.843. The van der Waals surface area contributed by atoms with E-state index in [0.717, 1.165) is 4.90 Å². The van der Waals surface area contributed by atoms with Gasteiger partial charge in [0.2, 0.25) is 0 Å². The summed E-state index contributed by atoms with van der Waals surface area (Å²) in [5.74, 6) is 0.690. The minimum atomic E-state index is 0.0475. The highest BCUT2D eigenvalue weighted by atomic mass is 35.5. The van der Waals surface area contributed by atoms with E-state index in [0.29, 0.717) is 10.8 Å².